The summed E-state index contributed by atoms with van der Waals surface area (Å²) >= 11 is 0. The molecule has 0 fully saturated rings. The van der Waals surface area contributed by atoms with E-state index >= 15 is 0 Å². The average Bonchev–Trinajstić information content (AvgIpc) is 2.00. The summed E-state index contributed by atoms with van der Waals surface area (Å²) in [6, 6.07) is 0. The van der Waals surface area contributed by atoms with E-state index in [1.165, 1.54) is 0 Å². The first-order chi connectivity index (χ1) is 6.92. The molecular formula is C4H3F2O9P. The number of carbonyl (C=O) groups is 4. The molecule has 0 amide bonds. The number of hydrogen-bond acceptors (Lipinski definition) is 7. The Kier molecular flexibility index (Phi) is 3.48. The van der Waals surface area contributed by atoms with Gasteiger partial charge in [-0.25, -0.2) is 0 Å². The molecular weight excluding hydrogens is 261 g/mol. The Hall–Kier alpha value is -1.87. The molecule has 0 saturated heterocycles. The van der Waals surface area contributed by atoms with Crippen LogP contribution in [-0.2, 0) is 28.2 Å². The van der Waals surface area contributed by atoms with Crippen molar-refractivity contribution >= 4 is 31.8 Å². The van der Waals surface area contributed by atoms with E-state index in [0.29, 0.717) is 0 Å². The van der Waals surface area contributed by atoms with Crippen LogP contribution in [0, 0.1) is 0 Å². The van der Waals surface area contributed by atoms with Crippen molar-refractivity contribution in [3.8, 4) is 0 Å². The summed E-state index contributed by atoms with van der Waals surface area (Å²) in [5, 5.41) is 15.7. The molecule has 0 aliphatic heterocycles. The zero-order valence-electron chi connectivity index (χ0n) is 6.99. The number of carboxylic acid groups (broad SMARTS) is 2. The van der Waals surface area contributed by atoms with Gasteiger partial charge >= 0.3 is 83.5 Å². The van der Waals surface area contributed by atoms with Gasteiger partial charge in [0.1, 0.15) is 0 Å². The van der Waals surface area contributed by atoms with Crippen LogP contribution in [0.4, 0.5) is 8.39 Å². The van der Waals surface area contributed by atoms with Gasteiger partial charge in [-0.3, -0.25) is 0 Å². The van der Waals surface area contributed by atoms with Gasteiger partial charge in [-0.2, -0.15) is 0 Å². The van der Waals surface area contributed by atoms with Crippen molar-refractivity contribution in [2.75, 3.05) is 0 Å². The second-order valence-corrected chi connectivity index (χ2v) is 3.92. The van der Waals surface area contributed by atoms with E-state index in [1.54, 1.807) is 0 Å². The second-order valence-electron chi connectivity index (χ2n) is 2.10. The summed E-state index contributed by atoms with van der Waals surface area (Å²) in [7, 11) is -7.89. The molecule has 12 heteroatoms. The van der Waals surface area contributed by atoms with E-state index in [4.69, 9.17) is 15.1 Å². The molecule has 0 unspecified atom stereocenters. The summed E-state index contributed by atoms with van der Waals surface area (Å²) in [6.07, 6.45) is 0. The van der Waals surface area contributed by atoms with Gasteiger partial charge < -0.3 is 0 Å². The van der Waals surface area contributed by atoms with Crippen LogP contribution in [0.5, 0.6) is 0 Å². The molecule has 0 bridgehead atoms. The number of halogens is 2. The number of hydrogen-bond donors (Lipinski definition) is 3. The number of carbonyl (C=O) groups excluding carboxylic acids is 2. The third-order valence-corrected chi connectivity index (χ3v) is 1.73. The average molecular weight is 264 g/mol. The molecule has 16 heavy (non-hydrogen) atoms. The summed E-state index contributed by atoms with van der Waals surface area (Å²) in [4.78, 5) is 48.1. The van der Waals surface area contributed by atoms with Crippen molar-refractivity contribution in [3.63, 3.8) is 0 Å². The van der Waals surface area contributed by atoms with Crippen LogP contribution in [0.15, 0.2) is 0 Å². The van der Waals surface area contributed by atoms with E-state index < -0.39 is 31.8 Å². The second kappa shape index (κ2) is 3.94. The van der Waals surface area contributed by atoms with Crippen LogP contribution in [0.25, 0.3) is 0 Å². The first-order valence-electron chi connectivity index (χ1n) is 3.08. The van der Waals surface area contributed by atoms with Crippen molar-refractivity contribution in [2.24, 2.45) is 0 Å². The van der Waals surface area contributed by atoms with E-state index in [1.807, 2.05) is 0 Å². The monoisotopic (exact) mass is 264 g/mol. The molecule has 0 aromatic heterocycles. The molecule has 3 N–H and O–H groups in total. The van der Waals surface area contributed by atoms with Gasteiger partial charge in [0.25, 0.3) is 0 Å². The molecule has 0 saturated carbocycles. The van der Waals surface area contributed by atoms with E-state index in [2.05, 4.69) is 9.05 Å². The molecule has 0 aliphatic carbocycles. The van der Waals surface area contributed by atoms with Gasteiger partial charge in [-0.05, 0) is 0 Å². The maximum atomic E-state index is 12.6. The summed E-state index contributed by atoms with van der Waals surface area (Å²) < 4.78 is 30.6. The Bertz CT molecular complexity index is 335. The zero-order valence-corrected chi connectivity index (χ0v) is 7.89. The fraction of sp³-hybridized carbons (Fsp3) is 0. The molecule has 9 nitrogen and oxygen atoms in total. The third kappa shape index (κ3) is 4.57. The van der Waals surface area contributed by atoms with Crippen molar-refractivity contribution in [3.05, 3.63) is 0 Å². The molecule has 0 aromatic carbocycles. The minimum atomic E-state index is -7.89. The minimum absolute atomic E-state index is 2.50. The van der Waals surface area contributed by atoms with Crippen LogP contribution in [0.3, 0.4) is 0 Å². The van der Waals surface area contributed by atoms with Gasteiger partial charge in [0.05, 0.1) is 0 Å². The molecule has 0 heterocycles. The molecule has 0 aliphatic rings. The number of aliphatic carboxylic acids is 2. The molecule has 0 atom stereocenters. The van der Waals surface area contributed by atoms with Crippen molar-refractivity contribution in [2.45, 2.75) is 0 Å². The van der Waals surface area contributed by atoms with Gasteiger partial charge in [-0.15, -0.1) is 0 Å². The van der Waals surface area contributed by atoms with Crippen LogP contribution in [0.1, 0.15) is 0 Å². The predicted molar refractivity (Wildman–Crippen MR) is 38.8 cm³/mol. The van der Waals surface area contributed by atoms with Crippen molar-refractivity contribution in [1.29, 1.82) is 0 Å². The normalized spacial score (nSPS) is 13.1. The Morgan fingerprint density at radius 2 is 1.12 bits per heavy atom. The topological polar surface area (TPSA) is 147 Å². The quantitative estimate of drug-likeness (QED) is 0.434. The Morgan fingerprint density at radius 1 is 0.875 bits per heavy atom. The standard InChI is InChI=1S/C4H3F2O9P/c5-16(6,13,14-3(11)1(7)8)15-4(12)2(9)10/h13H,(H,7,8)(H,9,10). The van der Waals surface area contributed by atoms with Gasteiger partial charge in [0, 0.05) is 0 Å². The first-order valence-corrected chi connectivity index (χ1v) is 4.88. The van der Waals surface area contributed by atoms with E-state index in [-0.39, 0.29) is 0 Å². The SMILES string of the molecule is O=C(O)C(=O)OP(O)(F)(F)OC(=O)C(=O)O. The molecule has 0 spiro atoms. The van der Waals surface area contributed by atoms with Crippen LogP contribution >= 0.6 is 7.91 Å². The molecule has 0 aromatic rings. The number of rotatable bonds is 2. The van der Waals surface area contributed by atoms with Crippen LogP contribution in [0.2, 0.25) is 0 Å². The fourth-order valence-electron chi connectivity index (χ4n) is 0.364. The maximum absolute atomic E-state index is 12.6. The first kappa shape index (κ1) is 14.1. The van der Waals surface area contributed by atoms with Crippen LogP contribution in [-0.4, -0.2) is 39.0 Å². The number of carboxylic acids is 2. The Balaban J connectivity index is 4.84. The molecule has 0 rings (SSSR count). The van der Waals surface area contributed by atoms with Gasteiger partial charge in [-0.1, -0.05) is 0 Å². The van der Waals surface area contributed by atoms with Gasteiger partial charge in [0.15, 0.2) is 0 Å². The predicted octanol–water partition coefficient (Wildman–Crippen LogP) is -0.698. The summed E-state index contributed by atoms with van der Waals surface area (Å²) in [6.45, 7) is 0. The summed E-state index contributed by atoms with van der Waals surface area (Å²) in [5.74, 6) is -10.2. The Labute approximate surface area is 84.6 Å². The summed E-state index contributed by atoms with van der Waals surface area (Å²) in [5.41, 5.74) is 0. The molecule has 0 radical (unpaired) electrons. The van der Waals surface area contributed by atoms with Crippen molar-refractivity contribution in [1.82, 2.24) is 0 Å². The van der Waals surface area contributed by atoms with E-state index in [9.17, 15) is 27.6 Å². The Morgan fingerprint density at radius 3 is 1.31 bits per heavy atom. The van der Waals surface area contributed by atoms with Gasteiger partial charge in [0.2, 0.25) is 0 Å². The third-order valence-electron chi connectivity index (χ3n) is 0.809. The molecule has 92 valence electrons. The zero-order chi connectivity index (χ0) is 13.2. The van der Waals surface area contributed by atoms with Crippen LogP contribution < -0.4 is 0 Å². The van der Waals surface area contributed by atoms with Crippen molar-refractivity contribution < 1.29 is 51.7 Å². The van der Waals surface area contributed by atoms with E-state index in [0.717, 1.165) is 0 Å². The fourth-order valence-corrected chi connectivity index (χ4v) is 1.09.